The molecule has 0 radical (unpaired) electrons. The van der Waals surface area contributed by atoms with Crippen molar-refractivity contribution in [2.24, 2.45) is 0 Å². The molecular formula is C28H31Cl2N3O5S. The Morgan fingerprint density at radius 2 is 1.59 bits per heavy atom. The van der Waals surface area contributed by atoms with Crippen molar-refractivity contribution in [1.82, 2.24) is 10.2 Å². The summed E-state index contributed by atoms with van der Waals surface area (Å²) in [4.78, 5) is 28.2. The number of halogens is 2. The maximum Gasteiger partial charge on any atom is 0.264 e. The van der Waals surface area contributed by atoms with Crippen LogP contribution in [0.2, 0.25) is 10.0 Å². The fraction of sp³-hybridized carbons (Fsp3) is 0.286. The lowest BCUT2D eigenvalue weighted by Gasteiger charge is -2.32. The molecule has 1 atom stereocenters. The Morgan fingerprint density at radius 3 is 2.21 bits per heavy atom. The molecule has 0 fully saturated rings. The molecule has 0 spiro atoms. The molecule has 8 nitrogen and oxygen atoms in total. The number of amides is 2. The number of methoxy groups -OCH3 is 1. The highest BCUT2D eigenvalue weighted by Crippen LogP contribution is 2.32. The number of anilines is 1. The van der Waals surface area contributed by atoms with Crippen molar-refractivity contribution in [3.8, 4) is 5.75 Å². The molecule has 39 heavy (non-hydrogen) atoms. The van der Waals surface area contributed by atoms with E-state index < -0.39 is 34.4 Å². The van der Waals surface area contributed by atoms with Crippen LogP contribution in [0, 0.1) is 0 Å². The van der Waals surface area contributed by atoms with Crippen molar-refractivity contribution in [1.29, 1.82) is 0 Å². The fourth-order valence-corrected chi connectivity index (χ4v) is 5.80. The second-order valence-electron chi connectivity index (χ2n) is 9.09. The zero-order chi connectivity index (χ0) is 28.7. The molecule has 2 amide bonds. The minimum absolute atomic E-state index is 0.00148. The van der Waals surface area contributed by atoms with Crippen LogP contribution >= 0.6 is 23.2 Å². The van der Waals surface area contributed by atoms with Gasteiger partial charge in [-0.05, 0) is 62.7 Å². The molecule has 1 N–H and O–H groups in total. The van der Waals surface area contributed by atoms with Crippen LogP contribution < -0.4 is 14.4 Å². The minimum Gasteiger partial charge on any atom is -0.495 e. The van der Waals surface area contributed by atoms with E-state index in [4.69, 9.17) is 27.9 Å². The molecule has 0 saturated heterocycles. The van der Waals surface area contributed by atoms with Gasteiger partial charge in [0, 0.05) is 22.6 Å². The summed E-state index contributed by atoms with van der Waals surface area (Å²) in [7, 11) is -2.79. The number of carbonyl (C=O) groups is 2. The van der Waals surface area contributed by atoms with Crippen LogP contribution in [0.25, 0.3) is 0 Å². The van der Waals surface area contributed by atoms with Crippen molar-refractivity contribution >= 4 is 50.7 Å². The van der Waals surface area contributed by atoms with Gasteiger partial charge in [0.25, 0.3) is 10.0 Å². The number of hydrogen-bond donors (Lipinski definition) is 1. The Bertz CT molecular complexity index is 1420. The summed E-state index contributed by atoms with van der Waals surface area (Å²) in [5.41, 5.74) is 0.731. The minimum atomic E-state index is -4.21. The highest BCUT2D eigenvalue weighted by atomic mass is 35.5. The average Bonchev–Trinajstić information content (AvgIpc) is 2.90. The van der Waals surface area contributed by atoms with Crippen LogP contribution in [0.5, 0.6) is 5.75 Å². The highest BCUT2D eigenvalue weighted by molar-refractivity contribution is 7.92. The van der Waals surface area contributed by atoms with Gasteiger partial charge in [-0.15, -0.1) is 0 Å². The van der Waals surface area contributed by atoms with E-state index in [0.717, 1.165) is 4.31 Å². The molecule has 3 aromatic rings. The average molecular weight is 593 g/mol. The van der Waals surface area contributed by atoms with E-state index in [1.807, 2.05) is 13.8 Å². The quantitative estimate of drug-likeness (QED) is 0.333. The third-order valence-electron chi connectivity index (χ3n) is 5.92. The number of benzene rings is 3. The normalized spacial score (nSPS) is 12.1. The van der Waals surface area contributed by atoms with Gasteiger partial charge < -0.3 is 15.0 Å². The van der Waals surface area contributed by atoms with Gasteiger partial charge in [-0.3, -0.25) is 13.9 Å². The molecule has 11 heteroatoms. The van der Waals surface area contributed by atoms with Crippen molar-refractivity contribution in [2.75, 3.05) is 18.0 Å². The summed E-state index contributed by atoms with van der Waals surface area (Å²) in [6.45, 7) is 4.55. The molecule has 0 aliphatic heterocycles. The standard InChI is InChI=1S/C28H31Cl2N3O5S/c1-19(2)31-28(35)20(3)32(17-21-14-15-22(29)16-24(21)30)27(34)18-33(25-12-8-9-13-26(25)38-4)39(36,37)23-10-6-5-7-11-23/h5-16,19-20H,17-18H2,1-4H3,(H,31,35)/t20-/m1/s1. The van der Waals surface area contributed by atoms with E-state index in [0.29, 0.717) is 15.6 Å². The topological polar surface area (TPSA) is 96.0 Å². The summed E-state index contributed by atoms with van der Waals surface area (Å²) in [6, 6.07) is 18.0. The molecule has 0 bridgehead atoms. The van der Waals surface area contributed by atoms with E-state index in [1.165, 1.54) is 24.1 Å². The largest absolute Gasteiger partial charge is 0.495 e. The number of hydrogen-bond acceptors (Lipinski definition) is 5. The Morgan fingerprint density at radius 1 is 0.949 bits per heavy atom. The van der Waals surface area contributed by atoms with Crippen LogP contribution in [0.3, 0.4) is 0 Å². The molecule has 0 aliphatic rings. The number of rotatable bonds is 11. The van der Waals surface area contributed by atoms with Gasteiger partial charge in [0.15, 0.2) is 0 Å². The number of nitrogens with one attached hydrogen (secondary N) is 1. The van der Waals surface area contributed by atoms with Crippen LogP contribution in [0.4, 0.5) is 5.69 Å². The second kappa shape index (κ2) is 13.2. The number of ether oxygens (including phenoxy) is 1. The predicted molar refractivity (Wildman–Crippen MR) is 154 cm³/mol. The lowest BCUT2D eigenvalue weighted by molar-refractivity contribution is -0.139. The Hall–Kier alpha value is -3.27. The highest BCUT2D eigenvalue weighted by Gasteiger charge is 2.34. The van der Waals surface area contributed by atoms with Crippen molar-refractivity contribution < 1.29 is 22.7 Å². The summed E-state index contributed by atoms with van der Waals surface area (Å²) < 4.78 is 34.1. The molecule has 0 aromatic heterocycles. The summed E-state index contributed by atoms with van der Waals surface area (Å²) in [5.74, 6) is -0.737. The maximum atomic E-state index is 13.9. The molecule has 208 valence electrons. The van der Waals surface area contributed by atoms with Gasteiger partial charge in [-0.2, -0.15) is 0 Å². The van der Waals surface area contributed by atoms with E-state index in [-0.39, 0.29) is 28.9 Å². The monoisotopic (exact) mass is 591 g/mol. The first-order valence-corrected chi connectivity index (χ1v) is 14.4. The lowest BCUT2D eigenvalue weighted by atomic mass is 10.1. The number of carbonyl (C=O) groups excluding carboxylic acids is 2. The Labute approximate surface area is 239 Å². The van der Waals surface area contributed by atoms with Crippen molar-refractivity contribution in [3.05, 3.63) is 88.4 Å². The van der Waals surface area contributed by atoms with E-state index in [2.05, 4.69) is 5.32 Å². The van der Waals surface area contributed by atoms with Crippen LogP contribution in [-0.4, -0.2) is 50.9 Å². The molecular weight excluding hydrogens is 561 g/mol. The van der Waals surface area contributed by atoms with E-state index in [9.17, 15) is 18.0 Å². The fourth-order valence-electron chi connectivity index (χ4n) is 3.89. The van der Waals surface area contributed by atoms with E-state index in [1.54, 1.807) is 67.6 Å². The number of nitrogens with zero attached hydrogens (tertiary/aromatic N) is 2. The van der Waals surface area contributed by atoms with Gasteiger partial charge in [-0.1, -0.05) is 59.6 Å². The molecule has 0 aliphatic carbocycles. The molecule has 3 rings (SSSR count). The first kappa shape index (κ1) is 30.3. The first-order valence-electron chi connectivity index (χ1n) is 12.2. The molecule has 3 aromatic carbocycles. The van der Waals surface area contributed by atoms with Gasteiger partial charge >= 0.3 is 0 Å². The van der Waals surface area contributed by atoms with Crippen LogP contribution in [0.1, 0.15) is 26.3 Å². The van der Waals surface area contributed by atoms with Crippen molar-refractivity contribution in [2.45, 2.75) is 44.3 Å². The van der Waals surface area contributed by atoms with Gasteiger partial charge in [0.1, 0.15) is 18.3 Å². The number of para-hydroxylation sites is 2. The Balaban J connectivity index is 2.08. The summed E-state index contributed by atoms with van der Waals surface area (Å²) in [5, 5.41) is 3.54. The third kappa shape index (κ3) is 7.44. The third-order valence-corrected chi connectivity index (χ3v) is 8.28. The summed E-state index contributed by atoms with van der Waals surface area (Å²) >= 11 is 12.4. The van der Waals surface area contributed by atoms with Crippen LogP contribution in [0.15, 0.2) is 77.7 Å². The van der Waals surface area contributed by atoms with Gasteiger partial charge in [0.2, 0.25) is 11.8 Å². The smallest absolute Gasteiger partial charge is 0.264 e. The summed E-state index contributed by atoms with van der Waals surface area (Å²) in [6.07, 6.45) is 0. The zero-order valence-corrected chi connectivity index (χ0v) is 24.4. The maximum absolute atomic E-state index is 13.9. The predicted octanol–water partition coefficient (Wildman–Crippen LogP) is 5.14. The lowest BCUT2D eigenvalue weighted by Crippen LogP contribution is -2.52. The zero-order valence-electron chi connectivity index (χ0n) is 22.1. The first-order chi connectivity index (χ1) is 18.4. The van der Waals surface area contributed by atoms with E-state index >= 15 is 0 Å². The molecule has 0 heterocycles. The van der Waals surface area contributed by atoms with Crippen molar-refractivity contribution in [3.63, 3.8) is 0 Å². The SMILES string of the molecule is COc1ccccc1N(CC(=O)N(Cc1ccc(Cl)cc1Cl)[C@H](C)C(=O)NC(C)C)S(=O)(=O)c1ccccc1. The second-order valence-corrected chi connectivity index (χ2v) is 11.8. The van der Waals surface area contributed by atoms with Crippen LogP contribution in [-0.2, 0) is 26.2 Å². The molecule has 0 saturated carbocycles. The van der Waals surface area contributed by atoms with Gasteiger partial charge in [-0.25, -0.2) is 8.42 Å². The Kier molecular flexibility index (Phi) is 10.2. The number of sulfonamides is 1. The van der Waals surface area contributed by atoms with Gasteiger partial charge in [0.05, 0.1) is 17.7 Å². The molecule has 0 unspecified atom stereocenters.